The lowest BCUT2D eigenvalue weighted by Crippen LogP contribution is -2.15. The Kier molecular flexibility index (Phi) is 15.4. The molecule has 2 heterocycles. The highest BCUT2D eigenvalue weighted by Gasteiger charge is 2.11. The molecule has 0 atom stereocenters. The molecule has 0 bridgehead atoms. The first-order valence-corrected chi connectivity index (χ1v) is 15.9. The number of unbranched alkanes of at least 4 members (excludes halogenated alkanes) is 1. The summed E-state index contributed by atoms with van der Waals surface area (Å²) in [7, 11) is 1.89. The number of halogens is 3. The maximum Gasteiger partial charge on any atom is 0.324 e. The summed E-state index contributed by atoms with van der Waals surface area (Å²) < 4.78 is 36.3. The third kappa shape index (κ3) is 12.0. The van der Waals surface area contributed by atoms with Crippen LogP contribution in [0.4, 0.5) is 14.8 Å². The molecule has 0 fully saturated rings. The molecule has 2 aromatic heterocycles. The van der Waals surface area contributed by atoms with Gasteiger partial charge in [-0.1, -0.05) is 72.8 Å². The monoisotopic (exact) mass is 693 g/mol. The Morgan fingerprint density at radius 2 is 1.04 bits per heavy atom. The van der Waals surface area contributed by atoms with Crippen molar-refractivity contribution in [2.75, 3.05) is 18.5 Å². The highest BCUT2D eigenvalue weighted by atomic mass is 35.5. The first kappa shape index (κ1) is 38.7. The zero-order chi connectivity index (χ0) is 35.0. The zero-order valence-corrected chi connectivity index (χ0v) is 29.4. The lowest BCUT2D eigenvalue weighted by molar-refractivity contribution is 0.394. The van der Waals surface area contributed by atoms with Crippen LogP contribution < -0.4 is 4.90 Å². The van der Waals surface area contributed by atoms with E-state index in [2.05, 4.69) is 57.8 Å². The van der Waals surface area contributed by atoms with Crippen LogP contribution in [0.3, 0.4) is 0 Å². The second-order valence-corrected chi connectivity index (χ2v) is 10.7. The maximum absolute atomic E-state index is 13.1. The average molecular weight is 694 g/mol. The molecule has 0 amide bonds. The third-order valence-corrected chi connectivity index (χ3v) is 6.88. The van der Waals surface area contributed by atoms with Gasteiger partial charge >= 0.3 is 6.01 Å². The fraction of sp³-hybridized carbons (Fsp3) is 0.200. The Morgan fingerprint density at radius 1 is 0.600 bits per heavy atom. The molecule has 10 heteroatoms. The van der Waals surface area contributed by atoms with Gasteiger partial charge in [-0.3, -0.25) is 0 Å². The fourth-order valence-corrected chi connectivity index (χ4v) is 3.87. The van der Waals surface area contributed by atoms with Gasteiger partial charge < -0.3 is 13.9 Å². The SMILES string of the molecule is CCCC.CCN(C)c1nc(-c2ccc(C#Cc3cccc(F)c3)cc2)no1.Cc1nc(-c2ccc(C#Cc3cccc(F)c3)cc2)no1.Cl. The third-order valence-electron chi connectivity index (χ3n) is 6.88. The van der Waals surface area contributed by atoms with Gasteiger partial charge in [-0.05, 0) is 91.9 Å². The van der Waals surface area contributed by atoms with Crippen LogP contribution in [0.2, 0.25) is 0 Å². The van der Waals surface area contributed by atoms with E-state index in [0.717, 1.165) is 28.8 Å². The van der Waals surface area contributed by atoms with Gasteiger partial charge in [0, 0.05) is 53.9 Å². The van der Waals surface area contributed by atoms with Crippen molar-refractivity contribution in [1.82, 2.24) is 20.3 Å². The summed E-state index contributed by atoms with van der Waals surface area (Å²) in [6.45, 7) is 8.90. The van der Waals surface area contributed by atoms with E-state index < -0.39 is 0 Å². The molecule has 0 spiro atoms. The lowest BCUT2D eigenvalue weighted by atomic mass is 10.1. The predicted octanol–water partition coefficient (Wildman–Crippen LogP) is 9.54. The van der Waals surface area contributed by atoms with Crippen molar-refractivity contribution in [3.8, 4) is 46.5 Å². The average Bonchev–Trinajstić information content (AvgIpc) is 3.80. The molecule has 0 aliphatic carbocycles. The molecule has 6 aromatic rings. The summed E-state index contributed by atoms with van der Waals surface area (Å²) >= 11 is 0. The Labute approximate surface area is 298 Å². The Morgan fingerprint density at radius 3 is 1.44 bits per heavy atom. The molecular weight excluding hydrogens is 656 g/mol. The van der Waals surface area contributed by atoms with Crippen LogP contribution >= 0.6 is 12.4 Å². The van der Waals surface area contributed by atoms with E-state index in [-0.39, 0.29) is 24.0 Å². The summed E-state index contributed by atoms with van der Waals surface area (Å²) in [5, 5.41) is 7.84. The van der Waals surface area contributed by atoms with E-state index >= 15 is 0 Å². The smallest absolute Gasteiger partial charge is 0.324 e. The van der Waals surface area contributed by atoms with Crippen LogP contribution in [-0.2, 0) is 0 Å². The zero-order valence-electron chi connectivity index (χ0n) is 28.6. The topological polar surface area (TPSA) is 81.1 Å². The second-order valence-electron chi connectivity index (χ2n) is 10.7. The highest BCUT2D eigenvalue weighted by molar-refractivity contribution is 5.85. The van der Waals surface area contributed by atoms with E-state index in [1.165, 1.54) is 37.1 Å². The van der Waals surface area contributed by atoms with Crippen LogP contribution in [0.5, 0.6) is 0 Å². The molecule has 50 heavy (non-hydrogen) atoms. The summed E-state index contributed by atoms with van der Waals surface area (Å²) in [5.41, 5.74) is 4.67. The molecule has 0 aliphatic rings. The lowest BCUT2D eigenvalue weighted by Gasteiger charge is -2.08. The van der Waals surface area contributed by atoms with Gasteiger partial charge in [0.15, 0.2) is 0 Å². The Balaban J connectivity index is 0.000000242. The molecule has 0 N–H and O–H groups in total. The van der Waals surface area contributed by atoms with Crippen molar-refractivity contribution in [2.45, 2.75) is 40.5 Å². The van der Waals surface area contributed by atoms with Gasteiger partial charge in [0.05, 0.1) is 0 Å². The number of aromatic nitrogens is 4. The molecule has 0 radical (unpaired) electrons. The minimum Gasteiger partial charge on any atom is -0.339 e. The molecule has 0 aliphatic heterocycles. The number of anilines is 1. The predicted molar refractivity (Wildman–Crippen MR) is 196 cm³/mol. The van der Waals surface area contributed by atoms with Crippen molar-refractivity contribution in [2.24, 2.45) is 0 Å². The van der Waals surface area contributed by atoms with Gasteiger partial charge in [0.2, 0.25) is 17.5 Å². The van der Waals surface area contributed by atoms with Crippen LogP contribution in [0.25, 0.3) is 22.8 Å². The van der Waals surface area contributed by atoms with Crippen molar-refractivity contribution in [3.05, 3.63) is 137 Å². The van der Waals surface area contributed by atoms with Gasteiger partial charge in [0.25, 0.3) is 0 Å². The Hall–Kier alpha value is -5.77. The van der Waals surface area contributed by atoms with E-state index in [1.54, 1.807) is 31.2 Å². The summed E-state index contributed by atoms with van der Waals surface area (Å²) in [5.74, 6) is 12.9. The normalized spacial score (nSPS) is 9.66. The van der Waals surface area contributed by atoms with Gasteiger partial charge in [0.1, 0.15) is 11.6 Å². The molecule has 6 rings (SSSR count). The fourth-order valence-electron chi connectivity index (χ4n) is 3.87. The van der Waals surface area contributed by atoms with Crippen molar-refractivity contribution in [1.29, 1.82) is 0 Å². The van der Waals surface area contributed by atoms with E-state index in [1.807, 2.05) is 67.4 Å². The molecular formula is C40H38ClF2N5O2. The summed E-state index contributed by atoms with van der Waals surface area (Å²) in [6, 6.07) is 27.9. The highest BCUT2D eigenvalue weighted by Crippen LogP contribution is 2.20. The van der Waals surface area contributed by atoms with Gasteiger partial charge in [-0.2, -0.15) is 9.97 Å². The molecule has 256 valence electrons. The first-order chi connectivity index (χ1) is 23.8. The quantitative estimate of drug-likeness (QED) is 0.166. The largest absolute Gasteiger partial charge is 0.339 e. The van der Waals surface area contributed by atoms with Crippen LogP contribution in [0.1, 0.15) is 61.8 Å². The van der Waals surface area contributed by atoms with Crippen LogP contribution in [0, 0.1) is 42.2 Å². The molecule has 0 saturated carbocycles. The summed E-state index contributed by atoms with van der Waals surface area (Å²) in [6.07, 6.45) is 2.64. The minimum absolute atomic E-state index is 0. The number of hydrogen-bond acceptors (Lipinski definition) is 7. The number of aryl methyl sites for hydroxylation is 1. The molecule has 4 aromatic carbocycles. The first-order valence-electron chi connectivity index (χ1n) is 15.9. The summed E-state index contributed by atoms with van der Waals surface area (Å²) in [4.78, 5) is 10.4. The van der Waals surface area contributed by atoms with Crippen molar-refractivity contribution in [3.63, 3.8) is 0 Å². The van der Waals surface area contributed by atoms with Crippen molar-refractivity contribution < 1.29 is 17.8 Å². The van der Waals surface area contributed by atoms with E-state index in [0.29, 0.717) is 34.7 Å². The van der Waals surface area contributed by atoms with Crippen LogP contribution in [-0.4, -0.2) is 33.9 Å². The standard InChI is InChI=1S/C19H16FN3O.C17H11FN2O.C4H10.ClH/c1-3-23(2)19-21-18(22-24-19)16-11-9-14(10-12-16)7-8-15-5-4-6-17(20)13-15;1-12-19-17(20-21-12)15-9-7-13(8-10-15)5-6-14-3-2-4-16(18)11-14;1-3-4-2;/h4-6,9-13H,3H2,1-2H3;2-4,7-11H,1H3;3-4H2,1-2H3;1H. The van der Waals surface area contributed by atoms with E-state index in [9.17, 15) is 8.78 Å². The molecule has 0 saturated heterocycles. The second kappa shape index (κ2) is 19.9. The van der Waals surface area contributed by atoms with Crippen LogP contribution in [0.15, 0.2) is 106 Å². The van der Waals surface area contributed by atoms with Gasteiger partial charge in [-0.15, -0.1) is 12.4 Å². The molecule has 7 nitrogen and oxygen atoms in total. The number of benzene rings is 4. The van der Waals surface area contributed by atoms with Crippen molar-refractivity contribution >= 4 is 18.4 Å². The maximum atomic E-state index is 13.1. The minimum atomic E-state index is -0.290. The molecule has 0 unspecified atom stereocenters. The van der Waals surface area contributed by atoms with Gasteiger partial charge in [-0.25, -0.2) is 8.78 Å². The number of rotatable bonds is 5. The number of hydrogen-bond donors (Lipinski definition) is 0. The number of nitrogens with zero attached hydrogens (tertiary/aromatic N) is 5. The van der Waals surface area contributed by atoms with E-state index in [4.69, 9.17) is 9.05 Å². The Bertz CT molecular complexity index is 2050.